The molecule has 108 valence electrons. The first kappa shape index (κ1) is 15.5. The summed E-state index contributed by atoms with van der Waals surface area (Å²) >= 11 is 9.61. The standard InChI is InChI=1S/C15H18BrClN2O/c1-4-11-8-12(19(3)18-11)9-15(2,20)13-6-5-10(16)7-14(13)17/h5-8,20H,4,9H2,1-3H3. The highest BCUT2D eigenvalue weighted by atomic mass is 79.9. The van der Waals surface area contributed by atoms with Crippen molar-refractivity contribution < 1.29 is 5.11 Å². The lowest BCUT2D eigenvalue weighted by Crippen LogP contribution is -2.26. The van der Waals surface area contributed by atoms with Gasteiger partial charge in [0, 0.05) is 34.2 Å². The predicted octanol–water partition coefficient (Wildman–Crippen LogP) is 3.85. The molecule has 0 radical (unpaired) electrons. The first-order valence-corrected chi connectivity index (χ1v) is 7.70. The SMILES string of the molecule is CCc1cc(CC(C)(O)c2ccc(Br)cc2Cl)n(C)n1. The number of aliphatic hydroxyl groups is 1. The van der Waals surface area contributed by atoms with E-state index in [2.05, 4.69) is 28.0 Å². The Balaban J connectivity index is 2.32. The van der Waals surface area contributed by atoms with Crippen molar-refractivity contribution in [3.8, 4) is 0 Å². The summed E-state index contributed by atoms with van der Waals surface area (Å²) in [5, 5.41) is 15.7. The van der Waals surface area contributed by atoms with Crippen LogP contribution in [0.4, 0.5) is 0 Å². The van der Waals surface area contributed by atoms with Gasteiger partial charge in [0.1, 0.15) is 0 Å². The maximum absolute atomic E-state index is 10.8. The molecule has 1 N–H and O–H groups in total. The number of benzene rings is 1. The molecule has 0 fully saturated rings. The lowest BCUT2D eigenvalue weighted by molar-refractivity contribution is 0.0557. The normalized spacial score (nSPS) is 14.3. The lowest BCUT2D eigenvalue weighted by atomic mass is 9.91. The molecular weight excluding hydrogens is 340 g/mol. The van der Waals surface area contributed by atoms with E-state index in [1.165, 1.54) is 0 Å². The molecule has 0 saturated carbocycles. The van der Waals surface area contributed by atoms with Gasteiger partial charge in [0.15, 0.2) is 0 Å². The third kappa shape index (κ3) is 3.25. The van der Waals surface area contributed by atoms with Crippen molar-refractivity contribution in [2.24, 2.45) is 7.05 Å². The van der Waals surface area contributed by atoms with E-state index in [-0.39, 0.29) is 0 Å². The molecule has 1 unspecified atom stereocenters. The van der Waals surface area contributed by atoms with Crippen LogP contribution in [0.1, 0.15) is 30.8 Å². The smallest absolute Gasteiger partial charge is 0.0938 e. The summed E-state index contributed by atoms with van der Waals surface area (Å²) in [6.07, 6.45) is 1.35. The zero-order chi connectivity index (χ0) is 14.9. The Morgan fingerprint density at radius 3 is 2.65 bits per heavy atom. The van der Waals surface area contributed by atoms with E-state index in [1.807, 2.05) is 29.9 Å². The minimum Gasteiger partial charge on any atom is -0.385 e. The van der Waals surface area contributed by atoms with Gasteiger partial charge in [0.2, 0.25) is 0 Å². The van der Waals surface area contributed by atoms with Gasteiger partial charge in [0.05, 0.1) is 11.3 Å². The number of hydrogen-bond donors (Lipinski definition) is 1. The van der Waals surface area contributed by atoms with Gasteiger partial charge < -0.3 is 5.11 Å². The van der Waals surface area contributed by atoms with Crippen LogP contribution in [0.15, 0.2) is 28.7 Å². The second kappa shape index (κ2) is 5.88. The molecule has 2 aromatic rings. The van der Waals surface area contributed by atoms with E-state index in [0.717, 1.165) is 27.8 Å². The molecule has 0 bridgehead atoms. The minimum atomic E-state index is -1.03. The average Bonchev–Trinajstić information content (AvgIpc) is 2.69. The molecule has 0 aliphatic carbocycles. The zero-order valence-corrected chi connectivity index (χ0v) is 14.2. The minimum absolute atomic E-state index is 0.470. The number of aromatic nitrogens is 2. The maximum atomic E-state index is 10.8. The van der Waals surface area contributed by atoms with Crippen molar-refractivity contribution in [1.29, 1.82) is 0 Å². The number of hydrogen-bond acceptors (Lipinski definition) is 2. The molecular formula is C15H18BrClN2O. The van der Waals surface area contributed by atoms with Crippen molar-refractivity contribution in [1.82, 2.24) is 9.78 Å². The molecule has 1 aromatic heterocycles. The van der Waals surface area contributed by atoms with E-state index in [0.29, 0.717) is 11.4 Å². The lowest BCUT2D eigenvalue weighted by Gasteiger charge is -2.25. The number of nitrogens with zero attached hydrogens (tertiary/aromatic N) is 2. The molecule has 0 aliphatic rings. The van der Waals surface area contributed by atoms with Gasteiger partial charge in [0.25, 0.3) is 0 Å². The van der Waals surface area contributed by atoms with Crippen LogP contribution in [0.3, 0.4) is 0 Å². The highest BCUT2D eigenvalue weighted by Gasteiger charge is 2.27. The molecule has 0 aliphatic heterocycles. The molecule has 1 heterocycles. The molecule has 3 nitrogen and oxygen atoms in total. The zero-order valence-electron chi connectivity index (χ0n) is 11.8. The van der Waals surface area contributed by atoms with Crippen LogP contribution in [0.2, 0.25) is 5.02 Å². The fraction of sp³-hybridized carbons (Fsp3) is 0.400. The topological polar surface area (TPSA) is 38.0 Å². The average molecular weight is 358 g/mol. The van der Waals surface area contributed by atoms with Crippen LogP contribution in [0, 0.1) is 0 Å². The first-order chi connectivity index (χ1) is 9.33. The molecule has 2 rings (SSSR count). The highest BCUT2D eigenvalue weighted by molar-refractivity contribution is 9.10. The summed E-state index contributed by atoms with van der Waals surface area (Å²) in [4.78, 5) is 0. The summed E-state index contributed by atoms with van der Waals surface area (Å²) < 4.78 is 2.72. The quantitative estimate of drug-likeness (QED) is 0.902. The number of halogens is 2. The summed E-state index contributed by atoms with van der Waals surface area (Å²) in [7, 11) is 1.90. The van der Waals surface area contributed by atoms with Crippen LogP contribution in [0.25, 0.3) is 0 Å². The summed E-state index contributed by atoms with van der Waals surface area (Å²) in [6, 6.07) is 7.56. The third-order valence-electron chi connectivity index (χ3n) is 3.43. The van der Waals surface area contributed by atoms with E-state index in [9.17, 15) is 5.11 Å². The van der Waals surface area contributed by atoms with Crippen LogP contribution in [-0.2, 0) is 25.5 Å². The van der Waals surface area contributed by atoms with Gasteiger partial charge in [-0.2, -0.15) is 5.10 Å². The highest BCUT2D eigenvalue weighted by Crippen LogP contribution is 2.33. The van der Waals surface area contributed by atoms with Crippen molar-refractivity contribution >= 4 is 27.5 Å². The van der Waals surface area contributed by atoms with Gasteiger partial charge in [-0.05, 0) is 31.5 Å². The molecule has 0 spiro atoms. The fourth-order valence-electron chi connectivity index (χ4n) is 2.28. The Kier molecular flexibility index (Phi) is 4.57. The van der Waals surface area contributed by atoms with Gasteiger partial charge in [-0.1, -0.05) is 40.5 Å². The van der Waals surface area contributed by atoms with Crippen LogP contribution >= 0.6 is 27.5 Å². The largest absolute Gasteiger partial charge is 0.385 e. The first-order valence-electron chi connectivity index (χ1n) is 6.53. The maximum Gasteiger partial charge on any atom is 0.0938 e. The second-order valence-corrected chi connectivity index (χ2v) is 6.50. The Labute approximate surface area is 132 Å². The second-order valence-electron chi connectivity index (χ2n) is 5.18. The van der Waals surface area contributed by atoms with Gasteiger partial charge in [-0.3, -0.25) is 4.68 Å². The van der Waals surface area contributed by atoms with E-state index in [4.69, 9.17) is 11.6 Å². The summed E-state index contributed by atoms with van der Waals surface area (Å²) in [5.41, 5.74) is 1.71. The van der Waals surface area contributed by atoms with Crippen LogP contribution in [-0.4, -0.2) is 14.9 Å². The van der Waals surface area contributed by atoms with Gasteiger partial charge >= 0.3 is 0 Å². The van der Waals surface area contributed by atoms with E-state index in [1.54, 1.807) is 13.0 Å². The summed E-state index contributed by atoms with van der Waals surface area (Å²) in [6.45, 7) is 3.84. The molecule has 20 heavy (non-hydrogen) atoms. The van der Waals surface area contributed by atoms with Gasteiger partial charge in [-0.15, -0.1) is 0 Å². The monoisotopic (exact) mass is 356 g/mol. The van der Waals surface area contributed by atoms with Crippen molar-refractivity contribution in [3.05, 3.63) is 50.7 Å². The Bertz CT molecular complexity index is 622. The predicted molar refractivity (Wildman–Crippen MR) is 85.0 cm³/mol. The molecule has 0 amide bonds. The van der Waals surface area contributed by atoms with Crippen LogP contribution in [0.5, 0.6) is 0 Å². The molecule has 0 saturated heterocycles. The Morgan fingerprint density at radius 1 is 1.40 bits per heavy atom. The van der Waals surface area contributed by atoms with Crippen LogP contribution < -0.4 is 0 Å². The Morgan fingerprint density at radius 2 is 2.10 bits per heavy atom. The fourth-order valence-corrected chi connectivity index (χ4v) is 3.16. The summed E-state index contributed by atoms with van der Waals surface area (Å²) in [5.74, 6) is 0. The number of rotatable bonds is 4. The van der Waals surface area contributed by atoms with Crippen molar-refractivity contribution in [2.45, 2.75) is 32.3 Å². The third-order valence-corrected chi connectivity index (χ3v) is 4.23. The Hall–Kier alpha value is -0.840. The van der Waals surface area contributed by atoms with Crippen molar-refractivity contribution in [3.63, 3.8) is 0 Å². The molecule has 5 heteroatoms. The number of aryl methyl sites for hydroxylation is 2. The van der Waals surface area contributed by atoms with E-state index < -0.39 is 5.60 Å². The van der Waals surface area contributed by atoms with Crippen molar-refractivity contribution in [2.75, 3.05) is 0 Å². The van der Waals surface area contributed by atoms with E-state index >= 15 is 0 Å². The molecule has 1 aromatic carbocycles. The van der Waals surface area contributed by atoms with Gasteiger partial charge in [-0.25, -0.2) is 0 Å². The molecule has 1 atom stereocenters.